The lowest BCUT2D eigenvalue weighted by atomic mass is 10.1. The van der Waals surface area contributed by atoms with E-state index < -0.39 is 0 Å². The van der Waals surface area contributed by atoms with Crippen molar-refractivity contribution in [1.29, 1.82) is 0 Å². The summed E-state index contributed by atoms with van der Waals surface area (Å²) in [5.74, 6) is 0. The standard InChI is InChI=1S/C18H19N3/c1-21(2)13-14-8-10-16(11-9-14)20-17-7-3-5-15-6-4-12-19-18(15)17/h3-12,20H,13H2,1-2H3. The fourth-order valence-electron chi connectivity index (χ4n) is 2.42. The Labute approximate surface area is 125 Å². The van der Waals surface area contributed by atoms with Crippen LogP contribution in [0.25, 0.3) is 10.9 Å². The van der Waals surface area contributed by atoms with Gasteiger partial charge in [0.2, 0.25) is 0 Å². The normalized spacial score (nSPS) is 11.0. The number of benzene rings is 2. The Bertz CT molecular complexity index is 728. The van der Waals surface area contributed by atoms with Gasteiger partial charge in [0, 0.05) is 23.8 Å². The van der Waals surface area contributed by atoms with E-state index in [1.54, 1.807) is 0 Å². The summed E-state index contributed by atoms with van der Waals surface area (Å²) in [6, 6.07) is 18.8. The maximum Gasteiger partial charge on any atom is 0.0936 e. The molecule has 0 aliphatic heterocycles. The third-order valence-electron chi connectivity index (χ3n) is 3.36. The van der Waals surface area contributed by atoms with Gasteiger partial charge in [-0.15, -0.1) is 0 Å². The summed E-state index contributed by atoms with van der Waals surface area (Å²) >= 11 is 0. The maximum absolute atomic E-state index is 4.47. The van der Waals surface area contributed by atoms with Crippen molar-refractivity contribution >= 4 is 22.3 Å². The lowest BCUT2D eigenvalue weighted by Crippen LogP contribution is -2.10. The van der Waals surface area contributed by atoms with Crippen LogP contribution in [0.1, 0.15) is 5.56 Å². The Balaban J connectivity index is 1.85. The van der Waals surface area contributed by atoms with E-state index in [2.05, 4.69) is 71.8 Å². The van der Waals surface area contributed by atoms with Crippen LogP contribution < -0.4 is 5.32 Å². The van der Waals surface area contributed by atoms with Crippen LogP contribution in [0.4, 0.5) is 11.4 Å². The summed E-state index contributed by atoms with van der Waals surface area (Å²) in [6.07, 6.45) is 1.83. The molecule has 3 rings (SSSR count). The van der Waals surface area contributed by atoms with Crippen molar-refractivity contribution < 1.29 is 0 Å². The van der Waals surface area contributed by atoms with Crippen LogP contribution >= 0.6 is 0 Å². The molecule has 0 saturated heterocycles. The highest BCUT2D eigenvalue weighted by Crippen LogP contribution is 2.24. The van der Waals surface area contributed by atoms with Gasteiger partial charge in [0.15, 0.2) is 0 Å². The number of nitrogens with zero attached hydrogens (tertiary/aromatic N) is 2. The number of hydrogen-bond acceptors (Lipinski definition) is 3. The van der Waals surface area contributed by atoms with Crippen LogP contribution in [0, 0.1) is 0 Å². The smallest absolute Gasteiger partial charge is 0.0936 e. The predicted molar refractivity (Wildman–Crippen MR) is 88.9 cm³/mol. The molecule has 0 spiro atoms. The molecule has 3 heteroatoms. The number of anilines is 2. The monoisotopic (exact) mass is 277 g/mol. The highest BCUT2D eigenvalue weighted by Gasteiger charge is 2.02. The van der Waals surface area contributed by atoms with E-state index in [0.717, 1.165) is 28.8 Å². The van der Waals surface area contributed by atoms with Crippen LogP contribution in [0.2, 0.25) is 0 Å². The Kier molecular flexibility index (Phi) is 3.84. The molecule has 0 atom stereocenters. The van der Waals surface area contributed by atoms with Crippen molar-refractivity contribution in [2.24, 2.45) is 0 Å². The second-order valence-corrected chi connectivity index (χ2v) is 5.44. The van der Waals surface area contributed by atoms with Gasteiger partial charge in [0.25, 0.3) is 0 Å². The van der Waals surface area contributed by atoms with E-state index in [9.17, 15) is 0 Å². The number of pyridine rings is 1. The average molecular weight is 277 g/mol. The average Bonchev–Trinajstić information content (AvgIpc) is 2.49. The first-order chi connectivity index (χ1) is 10.2. The molecule has 0 bridgehead atoms. The first-order valence-corrected chi connectivity index (χ1v) is 7.07. The van der Waals surface area contributed by atoms with Crippen LogP contribution in [0.3, 0.4) is 0 Å². The van der Waals surface area contributed by atoms with Crippen molar-refractivity contribution in [1.82, 2.24) is 9.88 Å². The highest BCUT2D eigenvalue weighted by molar-refractivity contribution is 5.91. The minimum atomic E-state index is 0.954. The lowest BCUT2D eigenvalue weighted by Gasteiger charge is -2.12. The molecule has 0 aliphatic carbocycles. The van der Waals surface area contributed by atoms with Gasteiger partial charge in [-0.25, -0.2) is 0 Å². The number of aromatic nitrogens is 1. The molecule has 0 radical (unpaired) electrons. The number of hydrogen-bond donors (Lipinski definition) is 1. The van der Waals surface area contributed by atoms with Crippen molar-refractivity contribution in [2.75, 3.05) is 19.4 Å². The van der Waals surface area contributed by atoms with E-state index in [1.807, 2.05) is 18.3 Å². The van der Waals surface area contributed by atoms with Gasteiger partial charge >= 0.3 is 0 Å². The number of para-hydroxylation sites is 1. The summed E-state index contributed by atoms with van der Waals surface area (Å²) in [6.45, 7) is 0.954. The van der Waals surface area contributed by atoms with Crippen LogP contribution in [-0.2, 0) is 6.54 Å². The third-order valence-corrected chi connectivity index (χ3v) is 3.36. The van der Waals surface area contributed by atoms with Crippen LogP contribution in [-0.4, -0.2) is 24.0 Å². The molecule has 1 aromatic heterocycles. The quantitative estimate of drug-likeness (QED) is 0.780. The molecule has 2 aromatic carbocycles. The number of nitrogens with one attached hydrogen (secondary N) is 1. The first kappa shape index (κ1) is 13.6. The largest absolute Gasteiger partial charge is 0.354 e. The van der Waals surface area contributed by atoms with Gasteiger partial charge in [0.05, 0.1) is 11.2 Å². The van der Waals surface area contributed by atoms with E-state index >= 15 is 0 Å². The minimum Gasteiger partial charge on any atom is -0.354 e. The van der Waals surface area contributed by atoms with E-state index in [4.69, 9.17) is 0 Å². The van der Waals surface area contributed by atoms with E-state index in [-0.39, 0.29) is 0 Å². The Morgan fingerprint density at radius 3 is 2.48 bits per heavy atom. The number of rotatable bonds is 4. The van der Waals surface area contributed by atoms with Crippen molar-refractivity contribution in [3.05, 3.63) is 66.4 Å². The van der Waals surface area contributed by atoms with Crippen molar-refractivity contribution in [2.45, 2.75) is 6.54 Å². The Morgan fingerprint density at radius 1 is 0.952 bits per heavy atom. The zero-order chi connectivity index (χ0) is 14.7. The van der Waals surface area contributed by atoms with E-state index in [1.165, 1.54) is 5.56 Å². The molecule has 0 saturated carbocycles. The van der Waals surface area contributed by atoms with Crippen LogP contribution in [0.5, 0.6) is 0 Å². The molecule has 21 heavy (non-hydrogen) atoms. The molecule has 1 N–H and O–H groups in total. The molecular weight excluding hydrogens is 258 g/mol. The molecule has 0 fully saturated rings. The lowest BCUT2D eigenvalue weighted by molar-refractivity contribution is 0.402. The van der Waals surface area contributed by atoms with Crippen molar-refractivity contribution in [3.63, 3.8) is 0 Å². The second kappa shape index (κ2) is 5.94. The molecule has 0 aliphatic rings. The van der Waals surface area contributed by atoms with E-state index in [0.29, 0.717) is 0 Å². The fraction of sp³-hybridized carbons (Fsp3) is 0.167. The summed E-state index contributed by atoms with van der Waals surface area (Å²) < 4.78 is 0. The van der Waals surface area contributed by atoms with Gasteiger partial charge < -0.3 is 10.2 Å². The third kappa shape index (κ3) is 3.20. The predicted octanol–water partition coefficient (Wildman–Crippen LogP) is 4.04. The second-order valence-electron chi connectivity index (χ2n) is 5.44. The van der Waals surface area contributed by atoms with Crippen LogP contribution in [0.15, 0.2) is 60.8 Å². The maximum atomic E-state index is 4.47. The molecule has 3 nitrogen and oxygen atoms in total. The van der Waals surface area contributed by atoms with Gasteiger partial charge in [-0.1, -0.05) is 30.3 Å². The molecule has 3 aromatic rings. The number of fused-ring (bicyclic) bond motifs is 1. The van der Waals surface area contributed by atoms with Gasteiger partial charge in [0.1, 0.15) is 0 Å². The van der Waals surface area contributed by atoms with Gasteiger partial charge in [-0.05, 0) is 43.9 Å². The Morgan fingerprint density at radius 2 is 1.71 bits per heavy atom. The Hall–Kier alpha value is -2.39. The minimum absolute atomic E-state index is 0.954. The molecule has 1 heterocycles. The summed E-state index contributed by atoms with van der Waals surface area (Å²) in [5, 5.41) is 4.60. The molecular formula is C18H19N3. The summed E-state index contributed by atoms with van der Waals surface area (Å²) in [7, 11) is 4.15. The van der Waals surface area contributed by atoms with Gasteiger partial charge in [-0.2, -0.15) is 0 Å². The first-order valence-electron chi connectivity index (χ1n) is 7.07. The zero-order valence-corrected chi connectivity index (χ0v) is 12.4. The molecule has 0 amide bonds. The molecule has 106 valence electrons. The topological polar surface area (TPSA) is 28.2 Å². The van der Waals surface area contributed by atoms with Crippen molar-refractivity contribution in [3.8, 4) is 0 Å². The summed E-state index contributed by atoms with van der Waals surface area (Å²) in [5.41, 5.74) is 4.42. The SMILES string of the molecule is CN(C)Cc1ccc(Nc2cccc3cccnc23)cc1. The fourth-order valence-corrected chi connectivity index (χ4v) is 2.42. The molecule has 0 unspecified atom stereocenters. The highest BCUT2D eigenvalue weighted by atomic mass is 15.0. The summed E-state index contributed by atoms with van der Waals surface area (Å²) in [4.78, 5) is 6.63. The zero-order valence-electron chi connectivity index (χ0n) is 12.4. The van der Waals surface area contributed by atoms with Gasteiger partial charge in [-0.3, -0.25) is 4.98 Å².